The fraction of sp³-hybridized carbons (Fsp3) is 0.286. The van der Waals surface area contributed by atoms with Gasteiger partial charge in [-0.15, -0.1) is 0 Å². The molecule has 0 aliphatic carbocycles. The number of nitrogens with two attached hydrogens (primary N) is 1. The number of amides is 1. The van der Waals surface area contributed by atoms with Gasteiger partial charge >= 0.3 is 0 Å². The average molecular weight is 413 g/mol. The lowest BCUT2D eigenvalue weighted by atomic mass is 9.99. The van der Waals surface area contributed by atoms with Crippen LogP contribution in [-0.2, 0) is 24.2 Å². The van der Waals surface area contributed by atoms with Crippen LogP contribution in [0.3, 0.4) is 0 Å². The summed E-state index contributed by atoms with van der Waals surface area (Å²) in [5.41, 5.74) is 8.09. The zero-order valence-electron chi connectivity index (χ0n) is 16.4. The highest BCUT2D eigenvalue weighted by atomic mass is 16.5. The number of rotatable bonds is 9. The van der Waals surface area contributed by atoms with Crippen LogP contribution in [0.15, 0.2) is 36.5 Å². The van der Waals surface area contributed by atoms with Crippen molar-refractivity contribution in [2.24, 2.45) is 5.73 Å². The molecule has 9 nitrogen and oxygen atoms in total. The number of fused-ring (bicyclic) bond motifs is 1. The molecule has 0 radical (unpaired) electrons. The molecule has 1 aromatic carbocycles. The molecular formula is C21H23N3O6. The molecule has 2 heterocycles. The summed E-state index contributed by atoms with van der Waals surface area (Å²) in [6, 6.07) is 9.54. The van der Waals surface area contributed by atoms with Crippen molar-refractivity contribution < 1.29 is 29.6 Å². The minimum atomic E-state index is -1.77. The van der Waals surface area contributed by atoms with Gasteiger partial charge in [0, 0.05) is 18.3 Å². The molecule has 3 aromatic rings. The number of carbonyl (C=O) groups is 2. The first kappa shape index (κ1) is 21.4. The Morgan fingerprint density at radius 3 is 2.50 bits per heavy atom. The maximum atomic E-state index is 12.7. The quantitative estimate of drug-likeness (QED) is 0.225. The summed E-state index contributed by atoms with van der Waals surface area (Å²) < 4.78 is 7.06. The molecule has 158 valence electrons. The number of hydrogen-bond donors (Lipinski definition) is 4. The molecule has 9 heteroatoms. The third-order valence-electron chi connectivity index (χ3n) is 4.69. The number of aliphatic hydroxyl groups excluding tert-OH is 2. The fourth-order valence-electron chi connectivity index (χ4n) is 3.46. The van der Waals surface area contributed by atoms with Crippen molar-refractivity contribution >= 4 is 17.2 Å². The van der Waals surface area contributed by atoms with Crippen LogP contribution in [0.2, 0.25) is 0 Å². The maximum absolute atomic E-state index is 12.7. The molecular weight excluding hydrogens is 390 g/mol. The molecule has 0 saturated carbocycles. The zero-order chi connectivity index (χ0) is 21.8. The Morgan fingerprint density at radius 1 is 1.23 bits per heavy atom. The smallest absolute Gasteiger partial charge is 0.289 e. The second-order valence-electron chi connectivity index (χ2n) is 6.72. The summed E-state index contributed by atoms with van der Waals surface area (Å²) in [6.45, 7) is 0.930. The van der Waals surface area contributed by atoms with Crippen molar-refractivity contribution in [2.45, 2.75) is 32.7 Å². The minimum absolute atomic E-state index is 0.0651. The van der Waals surface area contributed by atoms with Crippen LogP contribution < -0.4 is 10.5 Å². The summed E-state index contributed by atoms with van der Waals surface area (Å²) in [5, 5.41) is 28.0. The van der Waals surface area contributed by atoms with Crippen LogP contribution in [-0.4, -0.2) is 49.3 Å². The standard InChI is InChI=1S/C21H23N3O6/c1-2-14-15(8-12-6-4-3-5-7-12)24-9-13(10-25)23-21(30-11-16(26)27)18(24)17(14)19(28)20(22)29/h3-7,9,16,25-27H,2,8,10-11H2,1H3,(H2,22,29). The first-order valence-corrected chi connectivity index (χ1v) is 9.40. The number of primary amides is 1. The molecule has 0 fully saturated rings. The van der Waals surface area contributed by atoms with Crippen molar-refractivity contribution in [1.29, 1.82) is 0 Å². The van der Waals surface area contributed by atoms with Crippen LogP contribution in [0.5, 0.6) is 5.88 Å². The van der Waals surface area contributed by atoms with Gasteiger partial charge in [-0.1, -0.05) is 37.3 Å². The van der Waals surface area contributed by atoms with Crippen LogP contribution in [0.4, 0.5) is 0 Å². The van der Waals surface area contributed by atoms with E-state index in [0.29, 0.717) is 18.4 Å². The van der Waals surface area contributed by atoms with Crippen molar-refractivity contribution in [1.82, 2.24) is 9.38 Å². The van der Waals surface area contributed by atoms with E-state index in [1.54, 1.807) is 10.6 Å². The van der Waals surface area contributed by atoms with E-state index in [1.165, 1.54) is 0 Å². The van der Waals surface area contributed by atoms with Gasteiger partial charge in [0.2, 0.25) is 5.88 Å². The first-order valence-electron chi connectivity index (χ1n) is 9.40. The SMILES string of the molecule is CCc1c(C(=O)C(N)=O)c2c(OCC(O)O)nc(CO)cn2c1Cc1ccccc1. The Labute approximate surface area is 172 Å². The van der Waals surface area contributed by atoms with Crippen molar-refractivity contribution in [2.75, 3.05) is 6.61 Å². The van der Waals surface area contributed by atoms with Crippen LogP contribution in [0, 0.1) is 0 Å². The lowest BCUT2D eigenvalue weighted by Gasteiger charge is -2.12. The Morgan fingerprint density at radius 2 is 1.93 bits per heavy atom. The van der Waals surface area contributed by atoms with E-state index in [-0.39, 0.29) is 22.7 Å². The monoisotopic (exact) mass is 413 g/mol. The molecule has 0 aliphatic rings. The Bertz CT molecular complexity index is 1080. The van der Waals surface area contributed by atoms with Gasteiger partial charge < -0.3 is 30.2 Å². The second kappa shape index (κ2) is 9.04. The number of benzene rings is 1. The van der Waals surface area contributed by atoms with Crippen LogP contribution in [0.1, 0.15) is 39.8 Å². The minimum Gasteiger partial charge on any atom is -0.471 e. The summed E-state index contributed by atoms with van der Waals surface area (Å²) in [7, 11) is 0. The number of carbonyl (C=O) groups excluding carboxylic acids is 2. The molecule has 0 atom stereocenters. The van der Waals surface area contributed by atoms with E-state index >= 15 is 0 Å². The third kappa shape index (κ3) is 4.18. The van der Waals surface area contributed by atoms with Gasteiger partial charge in [0.05, 0.1) is 17.9 Å². The number of ketones is 1. The van der Waals surface area contributed by atoms with E-state index in [4.69, 9.17) is 10.5 Å². The topological polar surface area (TPSA) is 147 Å². The second-order valence-corrected chi connectivity index (χ2v) is 6.72. The highest BCUT2D eigenvalue weighted by Crippen LogP contribution is 2.32. The zero-order valence-corrected chi connectivity index (χ0v) is 16.4. The van der Waals surface area contributed by atoms with Gasteiger partial charge in [-0.05, 0) is 17.5 Å². The number of hydrogen-bond acceptors (Lipinski definition) is 7. The van der Waals surface area contributed by atoms with Gasteiger partial charge in [0.1, 0.15) is 12.1 Å². The average Bonchev–Trinajstić information content (AvgIpc) is 3.05. The van der Waals surface area contributed by atoms with Crippen molar-refractivity contribution in [3.63, 3.8) is 0 Å². The Balaban J connectivity index is 2.34. The predicted molar refractivity (Wildman–Crippen MR) is 107 cm³/mol. The van der Waals surface area contributed by atoms with Crippen LogP contribution in [0.25, 0.3) is 5.52 Å². The van der Waals surface area contributed by atoms with Crippen LogP contribution >= 0.6 is 0 Å². The van der Waals surface area contributed by atoms with E-state index in [0.717, 1.165) is 11.3 Å². The van der Waals surface area contributed by atoms with Gasteiger partial charge in [-0.25, -0.2) is 4.98 Å². The third-order valence-corrected chi connectivity index (χ3v) is 4.69. The fourth-order valence-corrected chi connectivity index (χ4v) is 3.46. The van der Waals surface area contributed by atoms with Gasteiger partial charge in [-0.2, -0.15) is 0 Å². The van der Waals surface area contributed by atoms with Gasteiger partial charge in [0.15, 0.2) is 6.29 Å². The number of nitrogens with zero attached hydrogens (tertiary/aromatic N) is 2. The van der Waals surface area contributed by atoms with Crippen molar-refractivity contribution in [3.05, 3.63) is 64.6 Å². The summed E-state index contributed by atoms with van der Waals surface area (Å²) >= 11 is 0. The lowest BCUT2D eigenvalue weighted by Crippen LogP contribution is -2.24. The molecule has 0 spiro atoms. The molecule has 30 heavy (non-hydrogen) atoms. The molecule has 5 N–H and O–H groups in total. The van der Waals surface area contributed by atoms with E-state index in [9.17, 15) is 24.9 Å². The molecule has 0 bridgehead atoms. The number of aromatic nitrogens is 2. The highest BCUT2D eigenvalue weighted by Gasteiger charge is 2.29. The Hall–Kier alpha value is -3.27. The number of Topliss-reactive ketones (excluding diaryl/α,β-unsaturated/α-hetero) is 1. The molecule has 3 rings (SSSR count). The highest BCUT2D eigenvalue weighted by molar-refractivity contribution is 6.44. The van der Waals surface area contributed by atoms with Gasteiger partial charge in [-0.3, -0.25) is 9.59 Å². The van der Waals surface area contributed by atoms with E-state index < -0.39 is 31.2 Å². The predicted octanol–water partition coefficient (Wildman–Crippen LogP) is 0.337. The maximum Gasteiger partial charge on any atom is 0.289 e. The van der Waals surface area contributed by atoms with E-state index in [2.05, 4.69) is 4.98 Å². The Kier molecular flexibility index (Phi) is 6.46. The molecule has 0 unspecified atom stereocenters. The summed E-state index contributed by atoms with van der Waals surface area (Å²) in [5.74, 6) is -2.12. The summed E-state index contributed by atoms with van der Waals surface area (Å²) in [6.07, 6.45) is 0.652. The molecule has 2 aromatic heterocycles. The normalized spacial score (nSPS) is 11.2. The number of aliphatic hydroxyl groups is 3. The molecule has 0 saturated heterocycles. The number of ether oxygens (including phenoxy) is 1. The van der Waals surface area contributed by atoms with Gasteiger partial charge in [0.25, 0.3) is 11.7 Å². The van der Waals surface area contributed by atoms with Crippen molar-refractivity contribution in [3.8, 4) is 5.88 Å². The first-order chi connectivity index (χ1) is 14.4. The van der Waals surface area contributed by atoms with E-state index in [1.807, 2.05) is 37.3 Å². The summed E-state index contributed by atoms with van der Waals surface area (Å²) in [4.78, 5) is 28.7. The lowest BCUT2D eigenvalue weighted by molar-refractivity contribution is -0.114. The molecule has 0 aliphatic heterocycles. The largest absolute Gasteiger partial charge is 0.471 e. The molecule has 1 amide bonds.